The number of aromatic hydroxyl groups is 2. The monoisotopic (exact) mass is 287 g/mol. The van der Waals surface area contributed by atoms with E-state index in [1.165, 1.54) is 18.2 Å². The normalized spacial score (nSPS) is 10.1. The van der Waals surface area contributed by atoms with Crippen LogP contribution in [0, 0.1) is 6.92 Å². The Kier molecular flexibility index (Phi) is 3.80. The fourth-order valence-electron chi connectivity index (χ4n) is 1.91. The Morgan fingerprint density at radius 3 is 2.38 bits per heavy atom. The average Bonchev–Trinajstić information content (AvgIpc) is 2.41. The summed E-state index contributed by atoms with van der Waals surface area (Å²) in [4.78, 5) is 23.3. The lowest BCUT2D eigenvalue weighted by Gasteiger charge is -2.11. The Hall–Kier alpha value is -3.02. The van der Waals surface area contributed by atoms with Crippen molar-refractivity contribution in [2.45, 2.75) is 6.92 Å². The second kappa shape index (κ2) is 5.54. The lowest BCUT2D eigenvalue weighted by molar-refractivity contribution is 0.0697. The van der Waals surface area contributed by atoms with Crippen LogP contribution in [0.1, 0.15) is 26.3 Å². The fraction of sp³-hybridized carbons (Fsp3) is 0.0667. The number of aromatic carboxylic acids is 1. The molecule has 6 nitrogen and oxygen atoms in total. The van der Waals surface area contributed by atoms with Gasteiger partial charge in [0.25, 0.3) is 5.91 Å². The molecule has 0 radical (unpaired) electrons. The lowest BCUT2D eigenvalue weighted by atomic mass is 10.1. The maximum atomic E-state index is 12.1. The molecule has 0 aliphatic carbocycles. The predicted octanol–water partition coefficient (Wildman–Crippen LogP) is 2.36. The largest absolute Gasteiger partial charge is 0.504 e. The number of carboxylic acids is 1. The summed E-state index contributed by atoms with van der Waals surface area (Å²) in [5.41, 5.74) is 0.797. The first-order valence-electron chi connectivity index (χ1n) is 6.06. The van der Waals surface area contributed by atoms with Gasteiger partial charge >= 0.3 is 5.97 Å². The van der Waals surface area contributed by atoms with Gasteiger partial charge in [-0.25, -0.2) is 4.79 Å². The topological polar surface area (TPSA) is 107 Å². The molecular weight excluding hydrogens is 274 g/mol. The molecule has 0 atom stereocenters. The van der Waals surface area contributed by atoms with Crippen LogP contribution in [-0.2, 0) is 0 Å². The Morgan fingerprint density at radius 1 is 1.05 bits per heavy atom. The molecule has 0 aliphatic heterocycles. The molecule has 21 heavy (non-hydrogen) atoms. The second-order valence-corrected chi connectivity index (χ2v) is 4.46. The van der Waals surface area contributed by atoms with Gasteiger partial charge in [-0.3, -0.25) is 4.79 Å². The van der Waals surface area contributed by atoms with Gasteiger partial charge in [0.05, 0.1) is 11.3 Å². The Labute approximate surface area is 120 Å². The zero-order valence-corrected chi connectivity index (χ0v) is 11.1. The van der Waals surface area contributed by atoms with Crippen molar-refractivity contribution in [3.63, 3.8) is 0 Å². The molecule has 0 saturated heterocycles. The van der Waals surface area contributed by atoms with Crippen LogP contribution in [0.15, 0.2) is 36.4 Å². The number of anilines is 1. The first-order valence-corrected chi connectivity index (χ1v) is 6.06. The second-order valence-electron chi connectivity index (χ2n) is 4.46. The van der Waals surface area contributed by atoms with Crippen molar-refractivity contribution >= 4 is 17.6 Å². The number of amides is 1. The quantitative estimate of drug-likeness (QED) is 0.648. The minimum Gasteiger partial charge on any atom is -0.504 e. The van der Waals surface area contributed by atoms with E-state index in [0.29, 0.717) is 5.56 Å². The van der Waals surface area contributed by atoms with Gasteiger partial charge in [-0.05, 0) is 36.8 Å². The van der Waals surface area contributed by atoms with E-state index in [-0.39, 0.29) is 22.6 Å². The van der Waals surface area contributed by atoms with E-state index >= 15 is 0 Å². The molecule has 2 aromatic carbocycles. The smallest absolute Gasteiger partial charge is 0.338 e. The summed E-state index contributed by atoms with van der Waals surface area (Å²) in [6.45, 7) is 1.63. The van der Waals surface area contributed by atoms with Gasteiger partial charge in [0.2, 0.25) is 0 Å². The van der Waals surface area contributed by atoms with Gasteiger partial charge < -0.3 is 20.6 Å². The number of carbonyl (C=O) groups is 2. The zero-order valence-electron chi connectivity index (χ0n) is 11.1. The average molecular weight is 287 g/mol. The van der Waals surface area contributed by atoms with Gasteiger partial charge in [0, 0.05) is 5.56 Å². The van der Waals surface area contributed by atoms with E-state index in [0.717, 1.165) is 6.07 Å². The van der Waals surface area contributed by atoms with Crippen molar-refractivity contribution in [1.82, 2.24) is 0 Å². The predicted molar refractivity (Wildman–Crippen MR) is 75.9 cm³/mol. The minimum absolute atomic E-state index is 0.00819. The van der Waals surface area contributed by atoms with Crippen molar-refractivity contribution in [2.75, 3.05) is 5.32 Å². The first-order chi connectivity index (χ1) is 9.90. The van der Waals surface area contributed by atoms with E-state index in [2.05, 4.69) is 5.32 Å². The summed E-state index contributed by atoms with van der Waals surface area (Å²) < 4.78 is 0. The van der Waals surface area contributed by atoms with Crippen molar-refractivity contribution in [1.29, 1.82) is 0 Å². The molecule has 0 aromatic heterocycles. The Morgan fingerprint density at radius 2 is 1.76 bits per heavy atom. The Balaban J connectivity index is 2.34. The van der Waals surface area contributed by atoms with E-state index in [1.807, 2.05) is 0 Å². The molecule has 2 rings (SSSR count). The molecule has 2 aromatic rings. The van der Waals surface area contributed by atoms with Gasteiger partial charge in [0.15, 0.2) is 11.5 Å². The molecule has 0 aliphatic rings. The van der Waals surface area contributed by atoms with Gasteiger partial charge in [-0.1, -0.05) is 12.1 Å². The molecular formula is C15H13NO5. The third-order valence-corrected chi connectivity index (χ3v) is 2.97. The van der Waals surface area contributed by atoms with Gasteiger partial charge in [-0.2, -0.15) is 0 Å². The van der Waals surface area contributed by atoms with Gasteiger partial charge in [-0.15, -0.1) is 0 Å². The number of hydrogen-bond donors (Lipinski definition) is 4. The molecule has 0 fully saturated rings. The van der Waals surface area contributed by atoms with E-state index < -0.39 is 17.6 Å². The summed E-state index contributed by atoms with van der Waals surface area (Å²) in [6.07, 6.45) is 0. The Bertz CT molecular complexity index is 724. The molecule has 0 saturated carbocycles. The van der Waals surface area contributed by atoms with Crippen LogP contribution in [0.3, 0.4) is 0 Å². The van der Waals surface area contributed by atoms with E-state index in [9.17, 15) is 24.9 Å². The standard InChI is InChI=1S/C15H13NO5/c1-8-3-2-4-10(13(8)15(20)21)16-14(19)9-5-6-11(17)12(18)7-9/h2-7,17-18H,1H3,(H,16,19)(H,20,21). The summed E-state index contributed by atoms with van der Waals surface area (Å²) in [5, 5.41) is 30.3. The number of phenolic OH excluding ortho intramolecular Hbond substituents is 2. The number of hydrogen-bond acceptors (Lipinski definition) is 4. The van der Waals surface area contributed by atoms with Crippen LogP contribution in [-0.4, -0.2) is 27.2 Å². The number of benzene rings is 2. The SMILES string of the molecule is Cc1cccc(NC(=O)c2ccc(O)c(O)c2)c1C(=O)O. The fourth-order valence-corrected chi connectivity index (χ4v) is 1.91. The highest BCUT2D eigenvalue weighted by atomic mass is 16.4. The molecule has 1 amide bonds. The molecule has 0 unspecified atom stereocenters. The van der Waals surface area contributed by atoms with Crippen LogP contribution >= 0.6 is 0 Å². The summed E-state index contributed by atoms with van der Waals surface area (Å²) in [7, 11) is 0. The van der Waals surface area contributed by atoms with Crippen LogP contribution in [0.25, 0.3) is 0 Å². The number of aryl methyl sites for hydroxylation is 1. The van der Waals surface area contributed by atoms with Crippen molar-refractivity contribution in [3.8, 4) is 11.5 Å². The first kappa shape index (κ1) is 14.4. The van der Waals surface area contributed by atoms with Crippen LogP contribution in [0.4, 0.5) is 5.69 Å². The zero-order chi connectivity index (χ0) is 15.6. The number of rotatable bonds is 3. The molecule has 0 heterocycles. The lowest BCUT2D eigenvalue weighted by Crippen LogP contribution is -2.15. The van der Waals surface area contributed by atoms with Crippen LogP contribution in [0.5, 0.6) is 11.5 Å². The number of carbonyl (C=O) groups excluding carboxylic acids is 1. The van der Waals surface area contributed by atoms with Gasteiger partial charge in [0.1, 0.15) is 0 Å². The highest BCUT2D eigenvalue weighted by molar-refractivity contribution is 6.08. The maximum absolute atomic E-state index is 12.1. The summed E-state index contributed by atoms with van der Waals surface area (Å²) >= 11 is 0. The maximum Gasteiger partial charge on any atom is 0.338 e. The van der Waals surface area contributed by atoms with Crippen LogP contribution < -0.4 is 5.32 Å². The highest BCUT2D eigenvalue weighted by Gasteiger charge is 2.16. The molecule has 108 valence electrons. The highest BCUT2D eigenvalue weighted by Crippen LogP contribution is 2.26. The van der Waals surface area contributed by atoms with E-state index in [1.54, 1.807) is 19.1 Å². The summed E-state index contributed by atoms with van der Waals surface area (Å²) in [6, 6.07) is 8.34. The molecule has 0 spiro atoms. The van der Waals surface area contributed by atoms with Crippen molar-refractivity contribution in [2.24, 2.45) is 0 Å². The summed E-state index contributed by atoms with van der Waals surface area (Å²) in [5.74, 6) is -2.49. The number of nitrogens with one attached hydrogen (secondary N) is 1. The minimum atomic E-state index is -1.14. The van der Waals surface area contributed by atoms with Crippen LogP contribution in [0.2, 0.25) is 0 Å². The van der Waals surface area contributed by atoms with Crippen molar-refractivity contribution in [3.05, 3.63) is 53.1 Å². The molecule has 0 bridgehead atoms. The number of carboxylic acid groups (broad SMARTS) is 1. The molecule has 4 N–H and O–H groups in total. The van der Waals surface area contributed by atoms with Crippen molar-refractivity contribution < 1.29 is 24.9 Å². The van der Waals surface area contributed by atoms with E-state index in [4.69, 9.17) is 0 Å². The third kappa shape index (κ3) is 2.94. The third-order valence-electron chi connectivity index (χ3n) is 2.97. The molecule has 6 heteroatoms. The number of phenols is 2.